The topological polar surface area (TPSA) is 82.1 Å². The highest BCUT2D eigenvalue weighted by molar-refractivity contribution is 5.91. The van der Waals surface area contributed by atoms with Gasteiger partial charge in [0.2, 0.25) is 0 Å². The highest BCUT2D eigenvalue weighted by Crippen LogP contribution is 2.39. The lowest BCUT2D eigenvalue weighted by Gasteiger charge is -2.26. The van der Waals surface area contributed by atoms with E-state index in [0.717, 1.165) is 4.90 Å². The lowest BCUT2D eigenvalue weighted by atomic mass is 10.0. The van der Waals surface area contributed by atoms with Crippen LogP contribution in [0, 0.1) is 5.92 Å². The van der Waals surface area contributed by atoms with Crippen molar-refractivity contribution < 1.29 is 28.6 Å². The minimum atomic E-state index is -0.786. The molecule has 1 heterocycles. The molecule has 2 rings (SSSR count). The molecule has 0 radical (unpaired) electrons. The number of carbonyl (C=O) groups excluding carboxylic acids is 3. The second-order valence-electron chi connectivity index (χ2n) is 5.97. The number of ether oxygens (including phenoxy) is 3. The van der Waals surface area contributed by atoms with Crippen molar-refractivity contribution in [2.45, 2.75) is 51.4 Å². The van der Waals surface area contributed by atoms with Gasteiger partial charge in [0.05, 0.1) is 19.1 Å². The summed E-state index contributed by atoms with van der Waals surface area (Å²) >= 11 is 0. The van der Waals surface area contributed by atoms with Crippen molar-refractivity contribution in [2.75, 3.05) is 7.11 Å². The van der Waals surface area contributed by atoms with E-state index in [0.29, 0.717) is 12.8 Å². The maximum absolute atomic E-state index is 12.1. The van der Waals surface area contributed by atoms with Gasteiger partial charge < -0.3 is 14.2 Å². The first-order chi connectivity index (χ1) is 9.24. The Balaban J connectivity index is 2.20. The molecule has 1 saturated heterocycles. The van der Waals surface area contributed by atoms with E-state index in [1.165, 1.54) is 7.11 Å². The van der Waals surface area contributed by atoms with Crippen molar-refractivity contribution in [3.63, 3.8) is 0 Å². The predicted molar refractivity (Wildman–Crippen MR) is 66.9 cm³/mol. The lowest BCUT2D eigenvalue weighted by Crippen LogP contribution is -2.47. The molecule has 2 aliphatic rings. The summed E-state index contributed by atoms with van der Waals surface area (Å²) in [6, 6.07) is -0.634. The van der Waals surface area contributed by atoms with Crippen LogP contribution < -0.4 is 0 Å². The Morgan fingerprint density at radius 3 is 2.50 bits per heavy atom. The Morgan fingerprint density at radius 1 is 1.30 bits per heavy atom. The van der Waals surface area contributed by atoms with Gasteiger partial charge in [-0.3, -0.25) is 4.79 Å². The van der Waals surface area contributed by atoms with E-state index in [9.17, 15) is 14.4 Å². The van der Waals surface area contributed by atoms with Crippen molar-refractivity contribution in [3.8, 4) is 0 Å². The van der Waals surface area contributed by atoms with Crippen molar-refractivity contribution >= 4 is 18.2 Å². The number of methoxy groups -OCH3 is 1. The average molecular weight is 285 g/mol. The summed E-state index contributed by atoms with van der Waals surface area (Å²) in [6.45, 7) is 5.11. The molecular formula is C13H19NO6. The molecule has 0 aromatic carbocycles. The predicted octanol–water partition coefficient (Wildman–Crippen LogP) is 1.69. The number of rotatable bonds is 1. The minimum absolute atomic E-state index is 0.440. The zero-order valence-corrected chi connectivity index (χ0v) is 12.0. The third kappa shape index (κ3) is 2.57. The third-order valence-electron chi connectivity index (χ3n) is 3.40. The van der Waals surface area contributed by atoms with Gasteiger partial charge in [-0.1, -0.05) is 0 Å². The smallest absolute Gasteiger partial charge is 0.420 e. The van der Waals surface area contributed by atoms with Gasteiger partial charge >= 0.3 is 18.2 Å². The quantitative estimate of drug-likeness (QED) is 0.538. The fourth-order valence-electron chi connectivity index (χ4n) is 2.64. The number of carbonyl (C=O) groups is 3. The molecule has 7 nitrogen and oxygen atoms in total. The summed E-state index contributed by atoms with van der Waals surface area (Å²) in [5.41, 5.74) is -0.727. The summed E-state index contributed by atoms with van der Waals surface area (Å²) in [7, 11) is 1.28. The molecule has 0 spiro atoms. The zero-order valence-electron chi connectivity index (χ0n) is 12.0. The Bertz CT molecular complexity index is 441. The summed E-state index contributed by atoms with van der Waals surface area (Å²) < 4.78 is 15.1. The Labute approximate surface area is 117 Å². The molecule has 0 aromatic heterocycles. The fraction of sp³-hybridized carbons (Fsp3) is 0.769. The van der Waals surface area contributed by atoms with E-state index < -0.39 is 41.8 Å². The SMILES string of the molecule is COC(=O)[C@H]1CC[C@H]2OC(=O)N(C(=O)OC(C)(C)C)[C@@H]12. The van der Waals surface area contributed by atoms with Gasteiger partial charge in [-0.2, -0.15) is 0 Å². The molecule has 20 heavy (non-hydrogen) atoms. The summed E-state index contributed by atoms with van der Waals surface area (Å²) in [5.74, 6) is -0.992. The van der Waals surface area contributed by atoms with Crippen LogP contribution in [0.3, 0.4) is 0 Å². The molecule has 0 unspecified atom stereocenters. The van der Waals surface area contributed by atoms with Gasteiger partial charge in [-0.05, 0) is 33.6 Å². The Morgan fingerprint density at radius 2 is 1.95 bits per heavy atom. The first-order valence-electron chi connectivity index (χ1n) is 6.55. The van der Waals surface area contributed by atoms with Crippen LogP contribution in [0.5, 0.6) is 0 Å². The number of hydrogen-bond acceptors (Lipinski definition) is 6. The highest BCUT2D eigenvalue weighted by atomic mass is 16.6. The molecule has 2 amide bonds. The standard InChI is InChI=1S/C13H19NO6/c1-13(2,3)20-12(17)14-9-7(10(15)18-4)5-6-8(9)19-11(14)16/h7-9H,5-6H2,1-4H3/t7-,8+,9-/m0/s1. The number of amides is 2. The largest absolute Gasteiger partial charge is 0.469 e. The van der Waals surface area contributed by atoms with Crippen molar-refractivity contribution in [3.05, 3.63) is 0 Å². The Kier molecular flexibility index (Phi) is 3.62. The maximum Gasteiger partial charge on any atom is 0.420 e. The third-order valence-corrected chi connectivity index (χ3v) is 3.40. The molecule has 0 bridgehead atoms. The number of hydrogen-bond donors (Lipinski definition) is 0. The van der Waals surface area contributed by atoms with E-state index >= 15 is 0 Å². The molecular weight excluding hydrogens is 266 g/mol. The highest BCUT2D eigenvalue weighted by Gasteiger charge is 2.56. The van der Waals surface area contributed by atoms with E-state index in [1.807, 2.05) is 0 Å². The Hall–Kier alpha value is -1.79. The molecule has 7 heteroatoms. The van der Waals surface area contributed by atoms with Gasteiger partial charge in [0.25, 0.3) is 0 Å². The maximum atomic E-state index is 12.1. The van der Waals surface area contributed by atoms with E-state index in [1.54, 1.807) is 20.8 Å². The molecule has 112 valence electrons. The molecule has 2 fully saturated rings. The molecule has 0 aromatic rings. The van der Waals surface area contributed by atoms with E-state index in [4.69, 9.17) is 14.2 Å². The van der Waals surface area contributed by atoms with E-state index in [-0.39, 0.29) is 0 Å². The molecule has 3 atom stereocenters. The average Bonchev–Trinajstić information content (AvgIpc) is 2.82. The van der Waals surface area contributed by atoms with Gasteiger partial charge in [0.15, 0.2) is 0 Å². The number of fused-ring (bicyclic) bond motifs is 1. The number of nitrogens with zero attached hydrogens (tertiary/aromatic N) is 1. The number of esters is 1. The van der Waals surface area contributed by atoms with Crippen molar-refractivity contribution in [1.82, 2.24) is 4.90 Å². The van der Waals surface area contributed by atoms with Crippen LogP contribution in [-0.2, 0) is 19.0 Å². The molecule has 1 saturated carbocycles. The van der Waals surface area contributed by atoms with Crippen molar-refractivity contribution in [2.24, 2.45) is 5.92 Å². The zero-order chi connectivity index (χ0) is 15.1. The summed E-state index contributed by atoms with van der Waals surface area (Å²) in [5, 5.41) is 0. The van der Waals surface area contributed by atoms with Crippen LogP contribution in [-0.4, -0.2) is 47.9 Å². The van der Waals surface area contributed by atoms with Gasteiger partial charge in [-0.25, -0.2) is 14.5 Å². The monoisotopic (exact) mass is 285 g/mol. The first kappa shape index (κ1) is 14.6. The molecule has 1 aliphatic carbocycles. The minimum Gasteiger partial charge on any atom is -0.469 e. The van der Waals surface area contributed by atoms with Gasteiger partial charge in [-0.15, -0.1) is 0 Å². The van der Waals surface area contributed by atoms with Crippen LogP contribution >= 0.6 is 0 Å². The fourth-order valence-corrected chi connectivity index (χ4v) is 2.64. The van der Waals surface area contributed by atoms with Crippen LogP contribution in [0.25, 0.3) is 0 Å². The summed E-state index contributed by atoms with van der Waals surface area (Å²) in [6.07, 6.45) is -0.947. The van der Waals surface area contributed by atoms with Crippen LogP contribution in [0.1, 0.15) is 33.6 Å². The first-order valence-corrected chi connectivity index (χ1v) is 6.55. The van der Waals surface area contributed by atoms with Crippen LogP contribution in [0.15, 0.2) is 0 Å². The van der Waals surface area contributed by atoms with Crippen molar-refractivity contribution in [1.29, 1.82) is 0 Å². The second kappa shape index (κ2) is 4.96. The van der Waals surface area contributed by atoms with Crippen LogP contribution in [0.4, 0.5) is 9.59 Å². The van der Waals surface area contributed by atoms with E-state index in [2.05, 4.69) is 0 Å². The summed E-state index contributed by atoms with van der Waals surface area (Å²) in [4.78, 5) is 36.6. The molecule has 0 N–H and O–H groups in total. The number of imide groups is 1. The second-order valence-corrected chi connectivity index (χ2v) is 5.97. The lowest BCUT2D eigenvalue weighted by molar-refractivity contribution is -0.146. The van der Waals surface area contributed by atoms with Gasteiger partial charge in [0.1, 0.15) is 11.7 Å². The van der Waals surface area contributed by atoms with Gasteiger partial charge in [0, 0.05) is 0 Å². The van der Waals surface area contributed by atoms with Crippen LogP contribution in [0.2, 0.25) is 0 Å². The molecule has 1 aliphatic heterocycles. The normalized spacial score (nSPS) is 28.9.